The van der Waals surface area contributed by atoms with Crippen LogP contribution in [0.5, 0.6) is 0 Å². The molecule has 5 nitrogen and oxygen atoms in total. The zero-order chi connectivity index (χ0) is 11.3. The summed E-state index contributed by atoms with van der Waals surface area (Å²) in [4.78, 5) is 20.4. The summed E-state index contributed by atoms with van der Waals surface area (Å²) < 4.78 is 0. The molecule has 0 aliphatic rings. The maximum atomic E-state index is 11.0. The molecule has 1 N–H and O–H groups in total. The Morgan fingerprint density at radius 1 is 1.53 bits per heavy atom. The van der Waals surface area contributed by atoms with Crippen molar-refractivity contribution in [1.82, 2.24) is 0 Å². The average Bonchev–Trinajstić information content (AvgIpc) is 2.17. The van der Waals surface area contributed by atoms with E-state index in [1.54, 1.807) is 24.3 Å². The van der Waals surface area contributed by atoms with Crippen molar-refractivity contribution in [2.45, 2.75) is 6.92 Å². The molecule has 15 heavy (non-hydrogen) atoms. The number of rotatable bonds is 4. The van der Waals surface area contributed by atoms with Crippen molar-refractivity contribution in [3.05, 3.63) is 52.3 Å². The van der Waals surface area contributed by atoms with Crippen molar-refractivity contribution in [3.63, 3.8) is 0 Å². The highest BCUT2D eigenvalue weighted by molar-refractivity contribution is 5.94. The lowest BCUT2D eigenvalue weighted by Crippen LogP contribution is -1.95. The minimum absolute atomic E-state index is 0.0445. The summed E-state index contributed by atoms with van der Waals surface area (Å²) in [5, 5.41) is 12.7. The van der Waals surface area contributed by atoms with Gasteiger partial charge in [0.1, 0.15) is 0 Å². The van der Waals surface area contributed by atoms with Gasteiger partial charge in [-0.15, -0.1) is 0 Å². The second kappa shape index (κ2) is 4.90. The molecule has 0 spiro atoms. The smallest absolute Gasteiger partial charge is 0.250 e. The standard InChI is InChI=1S/C10H10N2O3/c1-8(13)9-3-2-4-10(7-9)11-5-6-12(14)15/h2-7,11H,1H3/b6-5+. The van der Waals surface area contributed by atoms with Crippen LogP contribution in [0.4, 0.5) is 5.69 Å². The Labute approximate surface area is 86.6 Å². The molecule has 0 bridgehead atoms. The summed E-state index contributed by atoms with van der Waals surface area (Å²) in [5.41, 5.74) is 1.20. The molecule has 0 aromatic heterocycles. The number of carbonyl (C=O) groups excluding carboxylic acids is 1. The molecule has 78 valence electrons. The molecule has 0 saturated heterocycles. The number of ketones is 1. The lowest BCUT2D eigenvalue weighted by Gasteiger charge is -2.01. The number of hydrogen-bond acceptors (Lipinski definition) is 4. The highest BCUT2D eigenvalue weighted by Gasteiger charge is 1.98. The predicted octanol–water partition coefficient (Wildman–Crippen LogP) is 2.05. The molecule has 1 aromatic carbocycles. The van der Waals surface area contributed by atoms with Crippen LogP contribution in [0, 0.1) is 10.1 Å². The SMILES string of the molecule is CC(=O)c1cccc(N/C=C/[N+](=O)[O-])c1. The van der Waals surface area contributed by atoms with Crippen LogP contribution >= 0.6 is 0 Å². The van der Waals surface area contributed by atoms with E-state index < -0.39 is 4.92 Å². The number of benzene rings is 1. The van der Waals surface area contributed by atoms with Gasteiger partial charge < -0.3 is 5.32 Å². The quantitative estimate of drug-likeness (QED) is 0.465. The van der Waals surface area contributed by atoms with E-state index in [0.717, 1.165) is 6.20 Å². The molecule has 1 rings (SSSR count). The van der Waals surface area contributed by atoms with Crippen LogP contribution in [0.2, 0.25) is 0 Å². The molecule has 0 aliphatic heterocycles. The molecule has 0 heterocycles. The summed E-state index contributed by atoms with van der Waals surface area (Å²) in [6.07, 6.45) is 2.00. The van der Waals surface area contributed by atoms with E-state index in [9.17, 15) is 14.9 Å². The Balaban J connectivity index is 2.74. The molecule has 0 unspecified atom stereocenters. The summed E-state index contributed by atoms with van der Waals surface area (Å²) in [7, 11) is 0. The Morgan fingerprint density at radius 2 is 2.27 bits per heavy atom. The monoisotopic (exact) mass is 206 g/mol. The van der Waals surface area contributed by atoms with Gasteiger partial charge in [-0.2, -0.15) is 0 Å². The largest absolute Gasteiger partial charge is 0.356 e. The molecule has 0 fully saturated rings. The van der Waals surface area contributed by atoms with Gasteiger partial charge >= 0.3 is 0 Å². The third kappa shape index (κ3) is 3.60. The number of carbonyl (C=O) groups is 1. The highest BCUT2D eigenvalue weighted by atomic mass is 16.6. The third-order valence-corrected chi connectivity index (χ3v) is 1.72. The summed E-state index contributed by atoms with van der Waals surface area (Å²) in [5.74, 6) is -0.0445. The normalized spacial score (nSPS) is 10.2. The second-order valence-corrected chi connectivity index (χ2v) is 2.88. The summed E-state index contributed by atoms with van der Waals surface area (Å²) in [6, 6.07) is 6.74. The predicted molar refractivity (Wildman–Crippen MR) is 56.2 cm³/mol. The fourth-order valence-electron chi connectivity index (χ4n) is 1.02. The Bertz CT molecular complexity index is 413. The van der Waals surface area contributed by atoms with Gasteiger partial charge in [0.15, 0.2) is 5.78 Å². The van der Waals surface area contributed by atoms with Crippen LogP contribution < -0.4 is 5.32 Å². The molecule has 0 amide bonds. The van der Waals surface area contributed by atoms with E-state index in [1.165, 1.54) is 13.1 Å². The van der Waals surface area contributed by atoms with Gasteiger partial charge in [-0.05, 0) is 19.1 Å². The van der Waals surface area contributed by atoms with E-state index in [4.69, 9.17) is 0 Å². The van der Waals surface area contributed by atoms with Gasteiger partial charge in [-0.3, -0.25) is 14.9 Å². The Kier molecular flexibility index (Phi) is 3.56. The molecule has 0 atom stereocenters. The van der Waals surface area contributed by atoms with Crippen LogP contribution in [-0.4, -0.2) is 10.7 Å². The molecular weight excluding hydrogens is 196 g/mol. The van der Waals surface area contributed by atoms with Crippen LogP contribution in [-0.2, 0) is 0 Å². The zero-order valence-corrected chi connectivity index (χ0v) is 8.14. The highest BCUT2D eigenvalue weighted by Crippen LogP contribution is 2.10. The maximum Gasteiger partial charge on any atom is 0.250 e. The minimum atomic E-state index is -0.568. The van der Waals surface area contributed by atoms with E-state index in [-0.39, 0.29) is 5.78 Å². The number of Topliss-reactive ketones (excluding diaryl/α,β-unsaturated/α-hetero) is 1. The number of nitro groups is 1. The van der Waals surface area contributed by atoms with Gasteiger partial charge in [0.05, 0.1) is 11.1 Å². The summed E-state index contributed by atoms with van der Waals surface area (Å²) in [6.45, 7) is 1.46. The topological polar surface area (TPSA) is 72.2 Å². The average molecular weight is 206 g/mol. The fourth-order valence-corrected chi connectivity index (χ4v) is 1.02. The lowest BCUT2D eigenvalue weighted by molar-refractivity contribution is -0.402. The first-order chi connectivity index (χ1) is 7.09. The zero-order valence-electron chi connectivity index (χ0n) is 8.14. The molecule has 1 aromatic rings. The van der Waals surface area contributed by atoms with Gasteiger partial charge in [0.25, 0.3) is 0 Å². The molecule has 5 heteroatoms. The van der Waals surface area contributed by atoms with Gasteiger partial charge in [-0.1, -0.05) is 12.1 Å². The number of nitrogens with zero attached hydrogens (tertiary/aromatic N) is 1. The molecule has 0 radical (unpaired) electrons. The number of nitrogens with one attached hydrogen (secondary N) is 1. The lowest BCUT2D eigenvalue weighted by atomic mass is 10.1. The fraction of sp³-hybridized carbons (Fsp3) is 0.100. The maximum absolute atomic E-state index is 11.0. The number of hydrogen-bond donors (Lipinski definition) is 1. The van der Waals surface area contributed by atoms with E-state index in [0.29, 0.717) is 11.3 Å². The van der Waals surface area contributed by atoms with Crippen molar-refractivity contribution < 1.29 is 9.72 Å². The molecule has 0 aliphatic carbocycles. The Hall–Kier alpha value is -2.17. The van der Waals surface area contributed by atoms with Crippen LogP contribution in [0.25, 0.3) is 0 Å². The van der Waals surface area contributed by atoms with Crippen LogP contribution in [0.1, 0.15) is 17.3 Å². The van der Waals surface area contributed by atoms with Gasteiger partial charge in [0.2, 0.25) is 6.20 Å². The van der Waals surface area contributed by atoms with Crippen molar-refractivity contribution in [1.29, 1.82) is 0 Å². The minimum Gasteiger partial charge on any atom is -0.356 e. The van der Waals surface area contributed by atoms with Crippen molar-refractivity contribution >= 4 is 11.5 Å². The third-order valence-electron chi connectivity index (χ3n) is 1.72. The van der Waals surface area contributed by atoms with Crippen LogP contribution in [0.15, 0.2) is 36.7 Å². The van der Waals surface area contributed by atoms with Crippen molar-refractivity contribution in [2.75, 3.05) is 5.32 Å². The second-order valence-electron chi connectivity index (χ2n) is 2.88. The molecular formula is C10H10N2O3. The van der Waals surface area contributed by atoms with E-state index in [1.807, 2.05) is 0 Å². The van der Waals surface area contributed by atoms with Gasteiger partial charge in [0, 0.05) is 11.3 Å². The van der Waals surface area contributed by atoms with E-state index in [2.05, 4.69) is 5.32 Å². The van der Waals surface area contributed by atoms with Gasteiger partial charge in [-0.25, -0.2) is 0 Å². The molecule has 0 saturated carbocycles. The Morgan fingerprint density at radius 3 is 2.87 bits per heavy atom. The summed E-state index contributed by atoms with van der Waals surface area (Å²) >= 11 is 0. The van der Waals surface area contributed by atoms with Crippen molar-refractivity contribution in [2.24, 2.45) is 0 Å². The van der Waals surface area contributed by atoms with E-state index >= 15 is 0 Å². The van der Waals surface area contributed by atoms with Crippen LogP contribution in [0.3, 0.4) is 0 Å². The first-order valence-corrected chi connectivity index (χ1v) is 4.27. The van der Waals surface area contributed by atoms with Crippen molar-refractivity contribution in [3.8, 4) is 0 Å². The first kappa shape index (κ1) is 10.9. The number of anilines is 1. The first-order valence-electron chi connectivity index (χ1n) is 4.27.